The Hall–Kier alpha value is -3.38. The van der Waals surface area contributed by atoms with E-state index in [1.54, 1.807) is 26.8 Å². The summed E-state index contributed by atoms with van der Waals surface area (Å²) in [5.41, 5.74) is 5.70. The fourth-order valence-corrected chi connectivity index (χ4v) is 4.67. The molecule has 5 N–H and O–H groups in total. The molecular formula is C28H38N2O9. The predicted octanol–water partition coefficient (Wildman–Crippen LogP) is 1.41. The van der Waals surface area contributed by atoms with Crippen molar-refractivity contribution in [1.29, 1.82) is 0 Å². The van der Waals surface area contributed by atoms with Gasteiger partial charge in [-0.1, -0.05) is 38.2 Å². The molecule has 0 radical (unpaired) electrons. The number of ketones is 2. The van der Waals surface area contributed by atoms with Gasteiger partial charge in [-0.05, 0) is 37.8 Å². The first-order valence-electron chi connectivity index (χ1n) is 12.5. The summed E-state index contributed by atoms with van der Waals surface area (Å²) in [6.07, 6.45) is 2.02. The lowest BCUT2D eigenvalue weighted by atomic mass is 9.84. The minimum atomic E-state index is -1.33. The Bertz CT molecular complexity index is 1120. The lowest BCUT2D eigenvalue weighted by Crippen LogP contribution is -2.40. The molecule has 2 bridgehead atoms. The molecule has 0 aromatic rings. The monoisotopic (exact) mass is 546 g/mol. The quantitative estimate of drug-likeness (QED) is 0.301. The Kier molecular flexibility index (Phi) is 11.5. The van der Waals surface area contributed by atoms with Gasteiger partial charge in [-0.2, -0.15) is 0 Å². The Morgan fingerprint density at radius 1 is 1.05 bits per heavy atom. The topological polar surface area (TPSA) is 174 Å². The third-order valence-electron chi connectivity index (χ3n) is 6.78. The zero-order valence-corrected chi connectivity index (χ0v) is 23.0. The maximum atomic E-state index is 13.3. The number of carbonyl (C=O) groups is 4. The van der Waals surface area contributed by atoms with Crippen molar-refractivity contribution in [1.82, 2.24) is 5.32 Å². The average molecular weight is 547 g/mol. The van der Waals surface area contributed by atoms with Crippen LogP contribution in [0.1, 0.15) is 34.1 Å². The van der Waals surface area contributed by atoms with E-state index in [-0.39, 0.29) is 23.3 Å². The highest BCUT2D eigenvalue weighted by molar-refractivity contribution is 6.22. The summed E-state index contributed by atoms with van der Waals surface area (Å²) in [6.45, 7) is 6.63. The largest absolute Gasteiger partial charge is 0.439 e. The molecule has 2 rings (SSSR count). The number of aliphatic hydroxyl groups is 2. The highest BCUT2D eigenvalue weighted by Gasteiger charge is 2.35. The van der Waals surface area contributed by atoms with Crippen LogP contribution < -0.4 is 11.1 Å². The first-order valence-corrected chi connectivity index (χ1v) is 12.5. The first kappa shape index (κ1) is 31.8. The van der Waals surface area contributed by atoms with E-state index in [1.807, 2.05) is 0 Å². The molecule has 0 fully saturated rings. The van der Waals surface area contributed by atoms with Crippen molar-refractivity contribution in [2.75, 3.05) is 14.2 Å². The third-order valence-corrected chi connectivity index (χ3v) is 6.78. The summed E-state index contributed by atoms with van der Waals surface area (Å²) in [6, 6.07) is 0. The fraction of sp³-hybridized carbons (Fsp3) is 0.500. The summed E-state index contributed by atoms with van der Waals surface area (Å²) in [5, 5.41) is 24.3. The van der Waals surface area contributed by atoms with E-state index in [4.69, 9.17) is 19.9 Å². The van der Waals surface area contributed by atoms with Crippen molar-refractivity contribution in [3.05, 3.63) is 58.9 Å². The minimum absolute atomic E-state index is 0.0786. The zero-order chi connectivity index (χ0) is 29.4. The molecule has 0 saturated carbocycles. The highest BCUT2D eigenvalue weighted by atomic mass is 16.6. The van der Waals surface area contributed by atoms with E-state index in [0.29, 0.717) is 5.57 Å². The van der Waals surface area contributed by atoms with Crippen molar-refractivity contribution >= 4 is 23.6 Å². The van der Waals surface area contributed by atoms with Gasteiger partial charge in [0.05, 0.1) is 24.0 Å². The third kappa shape index (κ3) is 8.30. The van der Waals surface area contributed by atoms with Gasteiger partial charge in [-0.15, -0.1) is 0 Å². The second-order valence-corrected chi connectivity index (χ2v) is 9.83. The van der Waals surface area contributed by atoms with Crippen LogP contribution in [0.4, 0.5) is 4.79 Å². The molecule has 1 heterocycles. The van der Waals surface area contributed by atoms with E-state index in [1.165, 1.54) is 45.4 Å². The molecule has 7 atom stereocenters. The first-order chi connectivity index (χ1) is 18.3. The van der Waals surface area contributed by atoms with Crippen molar-refractivity contribution < 1.29 is 43.6 Å². The van der Waals surface area contributed by atoms with Gasteiger partial charge in [0.1, 0.15) is 6.10 Å². The van der Waals surface area contributed by atoms with Crippen molar-refractivity contribution in [3.63, 3.8) is 0 Å². The zero-order valence-electron chi connectivity index (χ0n) is 23.0. The van der Waals surface area contributed by atoms with E-state index < -0.39 is 65.9 Å². The number of nitrogens with one attached hydrogen (secondary N) is 1. The molecular weight excluding hydrogens is 508 g/mol. The maximum Gasteiger partial charge on any atom is 0.405 e. The van der Waals surface area contributed by atoms with Crippen LogP contribution in [0.5, 0.6) is 0 Å². The van der Waals surface area contributed by atoms with Gasteiger partial charge in [0, 0.05) is 37.4 Å². The van der Waals surface area contributed by atoms with Crippen LogP contribution >= 0.6 is 0 Å². The van der Waals surface area contributed by atoms with Crippen LogP contribution in [-0.2, 0) is 28.6 Å². The molecule has 0 aromatic carbocycles. The Morgan fingerprint density at radius 2 is 1.72 bits per heavy atom. The van der Waals surface area contributed by atoms with Crippen molar-refractivity contribution in [2.24, 2.45) is 17.6 Å². The molecule has 2 amide bonds. The standard InChI is InChI=1S/C28H38N2O9/c1-14-8-7-9-21(32)26(39-28(29)36)16(3)10-15(2)23(33)22(37-5)11-17(4)25(38-6)19-12-18(31)13-20(24(19)34)30-27(14)35/h7-10,12-13,15,17,21-23,25-26,32-33H,11H2,1-6H3,(H2,29,36)(H,30,35)/b9-7-,14-8+,16-10+/t15-,17-,21-,22-,23+,25+,26-/m0/s1. The number of amides is 2. The second kappa shape index (κ2) is 14.1. The molecule has 11 heteroatoms. The molecule has 1 aliphatic heterocycles. The van der Waals surface area contributed by atoms with Crippen LogP contribution in [0.3, 0.4) is 0 Å². The smallest absolute Gasteiger partial charge is 0.405 e. The molecule has 1 aliphatic carbocycles. The van der Waals surface area contributed by atoms with Gasteiger partial charge in [0.15, 0.2) is 11.9 Å². The van der Waals surface area contributed by atoms with Gasteiger partial charge in [-0.25, -0.2) is 4.79 Å². The van der Waals surface area contributed by atoms with Crippen LogP contribution in [0, 0.1) is 11.8 Å². The minimum Gasteiger partial charge on any atom is -0.439 e. The van der Waals surface area contributed by atoms with Gasteiger partial charge < -0.3 is 35.5 Å². The number of Topliss-reactive ketones (excluding diaryl/α,β-unsaturated/α-hetero) is 1. The molecule has 0 aromatic heterocycles. The van der Waals surface area contributed by atoms with Gasteiger partial charge in [0.25, 0.3) is 5.91 Å². The summed E-state index contributed by atoms with van der Waals surface area (Å²) >= 11 is 0. The molecule has 11 nitrogen and oxygen atoms in total. The van der Waals surface area contributed by atoms with Crippen LogP contribution in [0.2, 0.25) is 0 Å². The Balaban J connectivity index is 2.58. The van der Waals surface area contributed by atoms with Gasteiger partial charge in [0.2, 0.25) is 5.78 Å². The van der Waals surface area contributed by atoms with Crippen LogP contribution in [0.25, 0.3) is 0 Å². The summed E-state index contributed by atoms with van der Waals surface area (Å²) in [4.78, 5) is 50.0. The molecule has 0 unspecified atom stereocenters. The fourth-order valence-electron chi connectivity index (χ4n) is 4.67. The van der Waals surface area contributed by atoms with E-state index >= 15 is 0 Å². The number of fused-ring (bicyclic) bond motifs is 2. The van der Waals surface area contributed by atoms with E-state index in [0.717, 1.165) is 6.08 Å². The van der Waals surface area contributed by atoms with Crippen molar-refractivity contribution in [3.8, 4) is 0 Å². The number of nitrogens with two attached hydrogens (primary N) is 1. The molecule has 214 valence electrons. The lowest BCUT2D eigenvalue weighted by Gasteiger charge is -2.32. The second-order valence-electron chi connectivity index (χ2n) is 9.83. The lowest BCUT2D eigenvalue weighted by molar-refractivity contribution is -0.120. The maximum absolute atomic E-state index is 13.3. The number of allylic oxidation sites excluding steroid dienone is 5. The number of carbonyl (C=O) groups excluding carboxylic acids is 4. The van der Waals surface area contributed by atoms with Crippen LogP contribution in [0.15, 0.2) is 58.9 Å². The molecule has 0 spiro atoms. The summed E-state index contributed by atoms with van der Waals surface area (Å²) < 4.78 is 16.3. The van der Waals surface area contributed by atoms with Gasteiger partial charge >= 0.3 is 6.09 Å². The van der Waals surface area contributed by atoms with Gasteiger partial charge in [-0.3, -0.25) is 14.4 Å². The SMILES string of the molecule is CO[C@H]1C[C@H](C)[C@@H](OC)C2=CC(=O)C=C(NC(=O)/C(C)=C/C=C\[C@H](O)[C@@H](OC(N)=O)/C(C)=C/[C@H](C)[C@H]1O)C2=O. The highest BCUT2D eigenvalue weighted by Crippen LogP contribution is 2.28. The number of aliphatic hydroxyl groups excluding tert-OH is 2. The van der Waals surface area contributed by atoms with Crippen LogP contribution in [-0.4, -0.2) is 78.5 Å². The number of primary amides is 1. The number of hydrogen-bond donors (Lipinski definition) is 4. The number of hydrogen-bond acceptors (Lipinski definition) is 9. The summed E-state index contributed by atoms with van der Waals surface area (Å²) in [5.74, 6) is -2.60. The predicted molar refractivity (Wildman–Crippen MR) is 142 cm³/mol. The summed E-state index contributed by atoms with van der Waals surface area (Å²) in [7, 11) is 2.84. The number of rotatable bonds is 3. The Morgan fingerprint density at radius 3 is 2.31 bits per heavy atom. The molecule has 0 saturated heterocycles. The van der Waals surface area contributed by atoms with E-state index in [9.17, 15) is 29.4 Å². The molecule has 2 aliphatic rings. The number of ether oxygens (including phenoxy) is 3. The molecule has 39 heavy (non-hydrogen) atoms. The van der Waals surface area contributed by atoms with E-state index in [2.05, 4.69) is 5.32 Å². The average Bonchev–Trinajstić information content (AvgIpc) is 2.87. The number of methoxy groups -OCH3 is 2. The normalized spacial score (nSPS) is 35.0. The van der Waals surface area contributed by atoms with Crippen molar-refractivity contribution in [2.45, 2.75) is 64.6 Å². The Labute approximate surface area is 228 Å².